The van der Waals surface area contributed by atoms with Crippen LogP contribution in [-0.2, 0) is 4.79 Å². The fourth-order valence-electron chi connectivity index (χ4n) is 1.06. The maximum Gasteiger partial charge on any atom is 0.335 e. The second kappa shape index (κ2) is 4.24. The number of carbonyl (C=O) groups is 1. The number of hydrogen-bond acceptors (Lipinski definition) is 1. The minimum atomic E-state index is -1.02. The second-order valence-electron chi connectivity index (χ2n) is 2.70. The molecule has 0 aliphatic rings. The van der Waals surface area contributed by atoms with Gasteiger partial charge >= 0.3 is 5.97 Å². The molecule has 2 nitrogen and oxygen atoms in total. The molecule has 0 fully saturated rings. The van der Waals surface area contributed by atoms with E-state index < -0.39 is 5.97 Å². The van der Waals surface area contributed by atoms with E-state index in [1.165, 1.54) is 0 Å². The van der Waals surface area contributed by atoms with E-state index in [1.807, 2.05) is 6.07 Å². The molecule has 14 heavy (non-hydrogen) atoms. The lowest BCUT2D eigenvalue weighted by atomic mass is 10.0. The highest BCUT2D eigenvalue weighted by Gasteiger charge is 2.11. The van der Waals surface area contributed by atoms with E-state index in [0.717, 1.165) is 5.56 Å². The molecule has 1 rings (SSSR count). The topological polar surface area (TPSA) is 37.3 Å². The number of aliphatic carboxylic acids is 1. The average molecular weight is 253 g/mol. The van der Waals surface area contributed by atoms with Gasteiger partial charge in [-0.3, -0.25) is 0 Å². The largest absolute Gasteiger partial charge is 0.478 e. The van der Waals surface area contributed by atoms with Crippen molar-refractivity contribution < 1.29 is 9.90 Å². The van der Waals surface area contributed by atoms with E-state index >= 15 is 0 Å². The number of halogens is 1. The van der Waals surface area contributed by atoms with E-state index in [-0.39, 0.29) is 5.57 Å². The molecule has 0 unspecified atom stereocenters. The Balaban J connectivity index is 3.29. The Bertz CT molecular complexity index is 408. The highest BCUT2D eigenvalue weighted by Crippen LogP contribution is 2.27. The molecule has 0 atom stereocenters. The Morgan fingerprint density at radius 3 is 2.64 bits per heavy atom. The van der Waals surface area contributed by atoms with Gasteiger partial charge in [-0.25, -0.2) is 4.79 Å². The van der Waals surface area contributed by atoms with Crippen molar-refractivity contribution >= 4 is 33.5 Å². The normalized spacial score (nSPS) is 9.50. The number of benzene rings is 1. The molecule has 0 aliphatic carbocycles. The lowest BCUT2D eigenvalue weighted by Gasteiger charge is -2.06. The van der Waals surface area contributed by atoms with E-state index in [0.29, 0.717) is 10.0 Å². The highest BCUT2D eigenvalue weighted by molar-refractivity contribution is 9.10. The molecule has 1 N–H and O–H groups in total. The van der Waals surface area contributed by atoms with E-state index in [1.54, 1.807) is 18.2 Å². The van der Waals surface area contributed by atoms with Gasteiger partial charge in [-0.1, -0.05) is 37.4 Å². The first kappa shape index (κ1) is 10.7. The van der Waals surface area contributed by atoms with Crippen molar-refractivity contribution in [2.75, 3.05) is 0 Å². The Labute approximate surface area is 90.7 Å². The Kier molecular flexibility index (Phi) is 3.25. The molecule has 1 aromatic carbocycles. The van der Waals surface area contributed by atoms with Crippen LogP contribution in [0.4, 0.5) is 0 Å². The third-order valence-electron chi connectivity index (χ3n) is 1.83. The summed E-state index contributed by atoms with van der Waals surface area (Å²) in [7, 11) is 0. The third kappa shape index (κ3) is 1.93. The maximum absolute atomic E-state index is 10.7. The average Bonchev–Trinajstić information content (AvgIpc) is 2.17. The predicted octanol–water partition coefficient (Wildman–Crippen LogP) is 3.19. The number of hydrogen-bond donors (Lipinski definition) is 1. The van der Waals surface area contributed by atoms with Gasteiger partial charge in [-0.15, -0.1) is 0 Å². The van der Waals surface area contributed by atoms with E-state index in [2.05, 4.69) is 29.1 Å². The molecule has 1 aromatic rings. The number of carboxylic acids is 1. The van der Waals surface area contributed by atoms with Crippen molar-refractivity contribution in [1.82, 2.24) is 0 Å². The molecule has 0 aliphatic heterocycles. The molecule has 72 valence electrons. The minimum absolute atomic E-state index is 0.0700. The summed E-state index contributed by atoms with van der Waals surface area (Å²) in [4.78, 5) is 10.7. The summed E-state index contributed by atoms with van der Waals surface area (Å²) in [6.07, 6.45) is 1.66. The standard InChI is InChI=1S/C11H9BrO2/c1-3-8-5-4-6-9(10(8)12)7(2)11(13)14/h3-6H,1-2H2,(H,13,14). The summed E-state index contributed by atoms with van der Waals surface area (Å²) in [5.41, 5.74) is 1.50. The van der Waals surface area contributed by atoms with Crippen LogP contribution in [0.2, 0.25) is 0 Å². The van der Waals surface area contributed by atoms with Gasteiger partial charge in [0.15, 0.2) is 0 Å². The molecule has 3 heteroatoms. The number of carboxylic acid groups (broad SMARTS) is 1. The Morgan fingerprint density at radius 2 is 2.14 bits per heavy atom. The molecule has 0 saturated carbocycles. The van der Waals surface area contributed by atoms with Gasteiger partial charge in [0.1, 0.15) is 0 Å². The molecule has 0 radical (unpaired) electrons. The molecular weight excluding hydrogens is 244 g/mol. The third-order valence-corrected chi connectivity index (χ3v) is 2.72. The van der Waals surface area contributed by atoms with Crippen LogP contribution in [0.1, 0.15) is 11.1 Å². The van der Waals surface area contributed by atoms with Gasteiger partial charge in [0.25, 0.3) is 0 Å². The number of rotatable bonds is 3. The molecule has 0 amide bonds. The zero-order valence-electron chi connectivity index (χ0n) is 7.46. The second-order valence-corrected chi connectivity index (χ2v) is 3.49. The summed E-state index contributed by atoms with van der Waals surface area (Å²) < 4.78 is 0.711. The summed E-state index contributed by atoms with van der Waals surface area (Å²) in [6.45, 7) is 7.13. The Morgan fingerprint density at radius 1 is 1.50 bits per heavy atom. The fourth-order valence-corrected chi connectivity index (χ4v) is 1.72. The van der Waals surface area contributed by atoms with Gasteiger partial charge in [0.2, 0.25) is 0 Å². The fraction of sp³-hybridized carbons (Fsp3) is 0. The van der Waals surface area contributed by atoms with E-state index in [4.69, 9.17) is 5.11 Å². The summed E-state index contributed by atoms with van der Waals surface area (Å²) in [5, 5.41) is 8.78. The van der Waals surface area contributed by atoms with Gasteiger partial charge < -0.3 is 5.11 Å². The molecule has 0 saturated heterocycles. The van der Waals surface area contributed by atoms with Crippen molar-refractivity contribution in [1.29, 1.82) is 0 Å². The SMILES string of the molecule is C=Cc1cccc(C(=C)C(=O)O)c1Br. The van der Waals surface area contributed by atoms with Crippen molar-refractivity contribution in [2.45, 2.75) is 0 Å². The van der Waals surface area contributed by atoms with E-state index in [9.17, 15) is 4.79 Å². The highest BCUT2D eigenvalue weighted by atomic mass is 79.9. The van der Waals surface area contributed by atoms with Gasteiger partial charge in [-0.2, -0.15) is 0 Å². The lowest BCUT2D eigenvalue weighted by Crippen LogP contribution is -1.99. The monoisotopic (exact) mass is 252 g/mol. The first-order valence-corrected chi connectivity index (χ1v) is 4.70. The molecule has 0 aromatic heterocycles. The van der Waals surface area contributed by atoms with Gasteiger partial charge in [0.05, 0.1) is 5.57 Å². The Hall–Kier alpha value is -1.35. The summed E-state index contributed by atoms with van der Waals surface area (Å²) in [6, 6.07) is 5.31. The summed E-state index contributed by atoms with van der Waals surface area (Å²) in [5.74, 6) is -1.02. The van der Waals surface area contributed by atoms with Crippen LogP contribution in [0, 0.1) is 0 Å². The summed E-state index contributed by atoms with van der Waals surface area (Å²) >= 11 is 3.31. The molecule has 0 bridgehead atoms. The van der Waals surface area contributed by atoms with Crippen LogP contribution in [0.5, 0.6) is 0 Å². The van der Waals surface area contributed by atoms with Crippen molar-refractivity contribution in [3.8, 4) is 0 Å². The van der Waals surface area contributed by atoms with Gasteiger partial charge in [-0.05, 0) is 21.5 Å². The lowest BCUT2D eigenvalue weighted by molar-refractivity contribution is -0.130. The van der Waals surface area contributed by atoms with Crippen LogP contribution < -0.4 is 0 Å². The molecular formula is C11H9BrO2. The zero-order chi connectivity index (χ0) is 10.7. The van der Waals surface area contributed by atoms with Gasteiger partial charge in [0, 0.05) is 10.0 Å². The zero-order valence-corrected chi connectivity index (χ0v) is 9.04. The first-order chi connectivity index (χ1) is 6.57. The smallest absolute Gasteiger partial charge is 0.335 e. The molecule has 0 heterocycles. The van der Waals surface area contributed by atoms with Crippen molar-refractivity contribution in [3.63, 3.8) is 0 Å². The first-order valence-electron chi connectivity index (χ1n) is 3.91. The quantitative estimate of drug-likeness (QED) is 0.840. The van der Waals surface area contributed by atoms with Crippen LogP contribution in [0.3, 0.4) is 0 Å². The van der Waals surface area contributed by atoms with Crippen LogP contribution in [0.25, 0.3) is 11.6 Å². The van der Waals surface area contributed by atoms with Crippen LogP contribution in [-0.4, -0.2) is 11.1 Å². The maximum atomic E-state index is 10.7. The van der Waals surface area contributed by atoms with Crippen LogP contribution in [0.15, 0.2) is 35.8 Å². The van der Waals surface area contributed by atoms with Crippen molar-refractivity contribution in [2.24, 2.45) is 0 Å². The minimum Gasteiger partial charge on any atom is -0.478 e. The van der Waals surface area contributed by atoms with Crippen molar-refractivity contribution in [3.05, 3.63) is 47.0 Å². The van der Waals surface area contributed by atoms with Crippen LogP contribution >= 0.6 is 15.9 Å². The molecule has 0 spiro atoms. The predicted molar refractivity (Wildman–Crippen MR) is 60.9 cm³/mol.